The molecule has 0 aromatic heterocycles. The van der Waals surface area contributed by atoms with Crippen molar-refractivity contribution in [1.29, 1.82) is 0 Å². The largest absolute Gasteiger partial charge is 0.391 e. The summed E-state index contributed by atoms with van der Waals surface area (Å²) in [6, 6.07) is -0.0287. The topological polar surface area (TPSA) is 52.6 Å². The van der Waals surface area contributed by atoms with Crippen molar-refractivity contribution >= 4 is 17.7 Å². The highest BCUT2D eigenvalue weighted by Gasteiger charge is 2.30. The Morgan fingerprint density at radius 1 is 1.57 bits per heavy atom. The molecule has 0 aromatic rings. The SMILES string of the molecule is O=C(C1CSCCN1)N1CCC(O)C1. The second-order valence-electron chi connectivity index (χ2n) is 3.81. The highest BCUT2D eigenvalue weighted by Crippen LogP contribution is 2.14. The van der Waals surface area contributed by atoms with Gasteiger partial charge in [-0.05, 0) is 6.42 Å². The van der Waals surface area contributed by atoms with Gasteiger partial charge in [0.05, 0.1) is 12.1 Å². The Bertz CT molecular complexity index is 212. The van der Waals surface area contributed by atoms with E-state index in [-0.39, 0.29) is 18.1 Å². The van der Waals surface area contributed by atoms with Gasteiger partial charge in [0.25, 0.3) is 0 Å². The molecular weight excluding hydrogens is 200 g/mol. The van der Waals surface area contributed by atoms with Crippen LogP contribution in [-0.2, 0) is 4.79 Å². The molecule has 0 bridgehead atoms. The maximum absolute atomic E-state index is 11.9. The highest BCUT2D eigenvalue weighted by molar-refractivity contribution is 7.99. The standard InChI is InChI=1S/C9H16N2O2S/c12-7-1-3-11(5-7)9(13)8-6-14-4-2-10-8/h7-8,10,12H,1-6H2. The van der Waals surface area contributed by atoms with E-state index in [0.717, 1.165) is 24.5 Å². The molecular formula is C9H16N2O2S. The Hall–Kier alpha value is -0.260. The van der Waals surface area contributed by atoms with Crippen LogP contribution in [0.3, 0.4) is 0 Å². The molecule has 0 aliphatic carbocycles. The monoisotopic (exact) mass is 216 g/mol. The number of likely N-dealkylation sites (tertiary alicyclic amines) is 1. The van der Waals surface area contributed by atoms with E-state index in [2.05, 4.69) is 5.32 Å². The van der Waals surface area contributed by atoms with Crippen molar-refractivity contribution < 1.29 is 9.90 Å². The lowest BCUT2D eigenvalue weighted by Gasteiger charge is -2.26. The number of hydrogen-bond acceptors (Lipinski definition) is 4. The van der Waals surface area contributed by atoms with Gasteiger partial charge in [-0.2, -0.15) is 11.8 Å². The lowest BCUT2D eigenvalue weighted by molar-refractivity contribution is -0.132. The van der Waals surface area contributed by atoms with Crippen molar-refractivity contribution in [2.75, 3.05) is 31.1 Å². The van der Waals surface area contributed by atoms with E-state index in [1.807, 2.05) is 11.8 Å². The molecule has 4 nitrogen and oxygen atoms in total. The number of thioether (sulfide) groups is 1. The molecule has 0 radical (unpaired) electrons. The van der Waals surface area contributed by atoms with Gasteiger partial charge in [0.1, 0.15) is 0 Å². The van der Waals surface area contributed by atoms with Gasteiger partial charge in [-0.15, -0.1) is 0 Å². The molecule has 5 heteroatoms. The van der Waals surface area contributed by atoms with Gasteiger partial charge < -0.3 is 15.3 Å². The third-order valence-corrected chi connectivity index (χ3v) is 3.76. The number of nitrogens with one attached hydrogen (secondary N) is 1. The van der Waals surface area contributed by atoms with Gasteiger partial charge in [0.15, 0.2) is 0 Å². The second-order valence-corrected chi connectivity index (χ2v) is 4.96. The fraction of sp³-hybridized carbons (Fsp3) is 0.889. The van der Waals surface area contributed by atoms with Crippen LogP contribution in [0.5, 0.6) is 0 Å². The summed E-state index contributed by atoms with van der Waals surface area (Å²) in [6.07, 6.45) is 0.418. The molecule has 2 unspecified atom stereocenters. The molecule has 2 fully saturated rings. The molecule has 0 aromatic carbocycles. The summed E-state index contributed by atoms with van der Waals surface area (Å²) in [6.45, 7) is 2.14. The summed E-state index contributed by atoms with van der Waals surface area (Å²) in [5.41, 5.74) is 0. The molecule has 0 saturated carbocycles. The number of β-amino-alcohol motifs (C(OH)–C–C–N with tert-alkyl or cyclic N) is 1. The smallest absolute Gasteiger partial charge is 0.240 e. The minimum Gasteiger partial charge on any atom is -0.391 e. The zero-order valence-corrected chi connectivity index (χ0v) is 8.92. The van der Waals surface area contributed by atoms with Gasteiger partial charge in [0, 0.05) is 31.1 Å². The quantitative estimate of drug-likeness (QED) is 0.608. The highest BCUT2D eigenvalue weighted by atomic mass is 32.2. The molecule has 2 aliphatic heterocycles. The summed E-state index contributed by atoms with van der Waals surface area (Å²) in [4.78, 5) is 13.7. The van der Waals surface area contributed by atoms with Crippen molar-refractivity contribution in [3.05, 3.63) is 0 Å². The summed E-state index contributed by atoms with van der Waals surface area (Å²) < 4.78 is 0. The van der Waals surface area contributed by atoms with Crippen molar-refractivity contribution in [2.24, 2.45) is 0 Å². The molecule has 2 saturated heterocycles. The normalized spacial score (nSPS) is 33.4. The predicted octanol–water partition coefficient (Wildman–Crippen LogP) is -0.715. The van der Waals surface area contributed by atoms with Gasteiger partial charge in [-0.3, -0.25) is 4.79 Å². The van der Waals surface area contributed by atoms with Crippen LogP contribution in [0.2, 0.25) is 0 Å². The minimum absolute atomic E-state index is 0.0287. The van der Waals surface area contributed by atoms with E-state index in [4.69, 9.17) is 0 Å². The number of carbonyl (C=O) groups excluding carboxylic acids is 1. The lowest BCUT2D eigenvalue weighted by Crippen LogP contribution is -2.50. The third-order valence-electron chi connectivity index (χ3n) is 2.69. The fourth-order valence-electron chi connectivity index (χ4n) is 1.89. The average molecular weight is 216 g/mol. The summed E-state index contributed by atoms with van der Waals surface area (Å²) >= 11 is 1.82. The number of nitrogens with zero attached hydrogens (tertiary/aromatic N) is 1. The van der Waals surface area contributed by atoms with E-state index in [1.54, 1.807) is 4.90 Å². The van der Waals surface area contributed by atoms with Gasteiger partial charge in [-0.1, -0.05) is 0 Å². The number of amides is 1. The molecule has 1 amide bonds. The Morgan fingerprint density at radius 3 is 3.00 bits per heavy atom. The molecule has 2 rings (SSSR count). The van der Waals surface area contributed by atoms with Crippen LogP contribution in [0.15, 0.2) is 0 Å². The number of carbonyl (C=O) groups is 1. The van der Waals surface area contributed by atoms with E-state index >= 15 is 0 Å². The van der Waals surface area contributed by atoms with Crippen molar-refractivity contribution in [1.82, 2.24) is 10.2 Å². The molecule has 80 valence electrons. The van der Waals surface area contributed by atoms with Crippen molar-refractivity contribution in [2.45, 2.75) is 18.6 Å². The van der Waals surface area contributed by atoms with Gasteiger partial charge in [-0.25, -0.2) is 0 Å². The first kappa shape index (κ1) is 10.3. The van der Waals surface area contributed by atoms with Gasteiger partial charge in [0.2, 0.25) is 5.91 Å². The Kier molecular flexibility index (Phi) is 3.30. The minimum atomic E-state index is -0.310. The lowest BCUT2D eigenvalue weighted by atomic mass is 10.3. The van der Waals surface area contributed by atoms with Crippen LogP contribution in [0.1, 0.15) is 6.42 Å². The van der Waals surface area contributed by atoms with Crippen LogP contribution in [0.25, 0.3) is 0 Å². The van der Waals surface area contributed by atoms with Crippen LogP contribution in [0.4, 0.5) is 0 Å². The summed E-state index contributed by atoms with van der Waals surface area (Å²) in [7, 11) is 0. The first-order valence-electron chi connectivity index (χ1n) is 5.05. The van der Waals surface area contributed by atoms with E-state index in [9.17, 15) is 9.90 Å². The maximum Gasteiger partial charge on any atom is 0.240 e. The van der Waals surface area contributed by atoms with Crippen LogP contribution in [-0.4, -0.2) is 59.2 Å². The zero-order chi connectivity index (χ0) is 9.97. The van der Waals surface area contributed by atoms with Gasteiger partial charge >= 0.3 is 0 Å². The second kappa shape index (κ2) is 4.51. The molecule has 2 atom stereocenters. The molecule has 0 spiro atoms. The fourth-order valence-corrected chi connectivity index (χ4v) is 2.81. The van der Waals surface area contributed by atoms with Crippen molar-refractivity contribution in [3.63, 3.8) is 0 Å². The van der Waals surface area contributed by atoms with Crippen LogP contribution in [0, 0.1) is 0 Å². The molecule has 14 heavy (non-hydrogen) atoms. The molecule has 2 N–H and O–H groups in total. The van der Waals surface area contributed by atoms with Crippen molar-refractivity contribution in [3.8, 4) is 0 Å². The van der Waals surface area contributed by atoms with E-state index in [0.29, 0.717) is 13.1 Å². The Balaban J connectivity index is 1.87. The first-order chi connectivity index (χ1) is 6.77. The average Bonchev–Trinajstić information content (AvgIpc) is 2.65. The van der Waals surface area contributed by atoms with E-state index in [1.165, 1.54) is 0 Å². The Morgan fingerprint density at radius 2 is 2.43 bits per heavy atom. The number of rotatable bonds is 1. The number of aliphatic hydroxyl groups is 1. The third kappa shape index (κ3) is 2.21. The van der Waals surface area contributed by atoms with Crippen LogP contribution >= 0.6 is 11.8 Å². The number of aliphatic hydroxyl groups excluding tert-OH is 1. The zero-order valence-electron chi connectivity index (χ0n) is 8.11. The summed E-state index contributed by atoms with van der Waals surface area (Å²) in [5, 5.41) is 12.5. The van der Waals surface area contributed by atoms with Crippen LogP contribution < -0.4 is 5.32 Å². The predicted molar refractivity (Wildman–Crippen MR) is 56.3 cm³/mol. The molecule has 2 heterocycles. The number of hydrogen-bond donors (Lipinski definition) is 2. The molecule has 2 aliphatic rings. The van der Waals surface area contributed by atoms with E-state index < -0.39 is 0 Å². The maximum atomic E-state index is 11.9. The first-order valence-corrected chi connectivity index (χ1v) is 6.21. The Labute approximate surface area is 88.0 Å². The summed E-state index contributed by atoms with van der Waals surface area (Å²) in [5.74, 6) is 2.12.